The molecule has 0 atom stereocenters. The van der Waals surface area contributed by atoms with Crippen LogP contribution in [0.25, 0.3) is 0 Å². The second kappa shape index (κ2) is 5.55. The molecule has 1 heterocycles. The van der Waals surface area contributed by atoms with Gasteiger partial charge in [0, 0.05) is 5.69 Å². The van der Waals surface area contributed by atoms with Crippen molar-refractivity contribution in [3.8, 4) is 0 Å². The monoisotopic (exact) mass is 258 g/mol. The van der Waals surface area contributed by atoms with Crippen LogP contribution in [0.1, 0.15) is 18.2 Å². The Morgan fingerprint density at radius 3 is 2.78 bits per heavy atom. The Bertz CT molecular complexity index is 551. The summed E-state index contributed by atoms with van der Waals surface area (Å²) in [5, 5.41) is 3.19. The number of nitrogens with one attached hydrogen (secondary N) is 1. The van der Waals surface area contributed by atoms with Crippen LogP contribution in [0.2, 0.25) is 0 Å². The second-order valence-electron chi connectivity index (χ2n) is 3.83. The quantitative estimate of drug-likeness (QED) is 0.825. The third-order valence-corrected chi connectivity index (χ3v) is 2.72. The van der Waals surface area contributed by atoms with E-state index in [0.29, 0.717) is 11.5 Å². The first kappa shape index (κ1) is 12.4. The number of nitrogens with zero attached hydrogens (tertiary/aromatic N) is 2. The summed E-state index contributed by atoms with van der Waals surface area (Å²) >= 11 is 4.82. The fraction of sp³-hybridized carbons (Fsp3) is 0.154. The molecule has 1 aromatic heterocycles. The van der Waals surface area contributed by atoms with Gasteiger partial charge in [0.25, 0.3) is 0 Å². The number of thiocarbonyl (C=S) groups is 1. The maximum atomic E-state index is 5.46. The predicted octanol–water partition coefficient (Wildman–Crippen LogP) is 2.42. The van der Waals surface area contributed by atoms with Gasteiger partial charge in [-0.05, 0) is 24.1 Å². The fourth-order valence-corrected chi connectivity index (χ4v) is 1.64. The highest BCUT2D eigenvalue weighted by molar-refractivity contribution is 7.80. The van der Waals surface area contributed by atoms with Crippen LogP contribution in [0.4, 0.5) is 11.5 Å². The summed E-state index contributed by atoms with van der Waals surface area (Å²) in [6, 6.07) is 8.18. The number of aryl methyl sites for hydroxylation is 1. The molecule has 2 aromatic rings. The fourth-order valence-electron chi connectivity index (χ4n) is 1.54. The lowest BCUT2D eigenvalue weighted by Crippen LogP contribution is -2.12. The first-order chi connectivity index (χ1) is 8.69. The molecule has 18 heavy (non-hydrogen) atoms. The van der Waals surface area contributed by atoms with Crippen LogP contribution in [0.15, 0.2) is 36.7 Å². The lowest BCUT2D eigenvalue weighted by atomic mass is 10.1. The molecule has 4 nitrogen and oxygen atoms in total. The smallest absolute Gasteiger partial charge is 0.148 e. The third-order valence-electron chi connectivity index (χ3n) is 2.51. The van der Waals surface area contributed by atoms with Gasteiger partial charge in [-0.3, -0.25) is 0 Å². The van der Waals surface area contributed by atoms with E-state index in [9.17, 15) is 0 Å². The first-order valence-electron chi connectivity index (χ1n) is 5.67. The van der Waals surface area contributed by atoms with Gasteiger partial charge >= 0.3 is 0 Å². The van der Waals surface area contributed by atoms with Gasteiger partial charge in [0.1, 0.15) is 16.5 Å². The van der Waals surface area contributed by atoms with Crippen molar-refractivity contribution in [2.24, 2.45) is 5.73 Å². The zero-order valence-electron chi connectivity index (χ0n) is 10.1. The van der Waals surface area contributed by atoms with E-state index in [-0.39, 0.29) is 4.99 Å². The van der Waals surface area contributed by atoms with E-state index in [1.807, 2.05) is 12.1 Å². The second-order valence-corrected chi connectivity index (χ2v) is 4.27. The van der Waals surface area contributed by atoms with Crippen molar-refractivity contribution in [1.82, 2.24) is 9.97 Å². The van der Waals surface area contributed by atoms with Gasteiger partial charge in [-0.15, -0.1) is 0 Å². The van der Waals surface area contributed by atoms with Crippen molar-refractivity contribution in [2.45, 2.75) is 13.3 Å². The number of hydrogen-bond acceptors (Lipinski definition) is 4. The summed E-state index contributed by atoms with van der Waals surface area (Å²) in [6.45, 7) is 2.12. The molecule has 5 heteroatoms. The van der Waals surface area contributed by atoms with Crippen LogP contribution in [-0.2, 0) is 6.42 Å². The summed E-state index contributed by atoms with van der Waals surface area (Å²) in [7, 11) is 0. The molecular formula is C13H14N4S. The third kappa shape index (κ3) is 3.01. The molecule has 0 saturated heterocycles. The van der Waals surface area contributed by atoms with Crippen LogP contribution < -0.4 is 11.1 Å². The minimum Gasteiger partial charge on any atom is -0.388 e. The van der Waals surface area contributed by atoms with E-state index in [0.717, 1.165) is 12.1 Å². The molecule has 0 radical (unpaired) electrons. The van der Waals surface area contributed by atoms with Gasteiger partial charge in [-0.25, -0.2) is 9.97 Å². The van der Waals surface area contributed by atoms with Crippen molar-refractivity contribution in [1.29, 1.82) is 0 Å². The number of rotatable bonds is 4. The highest BCUT2D eigenvalue weighted by atomic mass is 32.1. The summed E-state index contributed by atoms with van der Waals surface area (Å²) in [4.78, 5) is 8.59. The van der Waals surface area contributed by atoms with E-state index in [1.54, 1.807) is 12.4 Å². The molecule has 3 N–H and O–H groups in total. The standard InChI is InChI=1S/C13H14N4S/c1-2-9-4-3-5-10(6-9)17-12-8-15-11(7-16-12)13(14)18/h3-8H,2H2,1H3,(H2,14,18)(H,16,17). The largest absolute Gasteiger partial charge is 0.388 e. The predicted molar refractivity (Wildman–Crippen MR) is 77.0 cm³/mol. The molecule has 0 aliphatic heterocycles. The molecule has 0 spiro atoms. The summed E-state index contributed by atoms with van der Waals surface area (Å²) in [5.74, 6) is 0.670. The van der Waals surface area contributed by atoms with Gasteiger partial charge in [0.05, 0.1) is 12.4 Å². The molecule has 2 rings (SSSR count). The first-order valence-corrected chi connectivity index (χ1v) is 6.07. The Morgan fingerprint density at radius 2 is 2.17 bits per heavy atom. The average Bonchev–Trinajstić information content (AvgIpc) is 2.39. The highest BCUT2D eigenvalue weighted by Crippen LogP contribution is 2.15. The molecule has 0 saturated carbocycles. The molecule has 0 fully saturated rings. The zero-order valence-corrected chi connectivity index (χ0v) is 10.9. The van der Waals surface area contributed by atoms with Crippen LogP contribution >= 0.6 is 12.2 Å². The molecule has 0 bridgehead atoms. The summed E-state index contributed by atoms with van der Waals surface area (Å²) < 4.78 is 0. The molecule has 0 amide bonds. The van der Waals surface area contributed by atoms with Crippen LogP contribution in [0, 0.1) is 0 Å². The molecular weight excluding hydrogens is 244 g/mol. The van der Waals surface area contributed by atoms with E-state index in [1.165, 1.54) is 5.56 Å². The maximum Gasteiger partial charge on any atom is 0.148 e. The van der Waals surface area contributed by atoms with Crippen molar-refractivity contribution in [3.63, 3.8) is 0 Å². The lowest BCUT2D eigenvalue weighted by molar-refractivity contribution is 1.14. The van der Waals surface area contributed by atoms with E-state index in [4.69, 9.17) is 18.0 Å². The molecule has 1 aromatic carbocycles. The van der Waals surface area contributed by atoms with Crippen LogP contribution in [-0.4, -0.2) is 15.0 Å². The Balaban J connectivity index is 2.15. The minimum absolute atomic E-state index is 0.252. The normalized spacial score (nSPS) is 10.1. The van der Waals surface area contributed by atoms with Crippen LogP contribution in [0.3, 0.4) is 0 Å². The molecule has 92 valence electrons. The number of nitrogens with two attached hydrogens (primary N) is 1. The summed E-state index contributed by atoms with van der Waals surface area (Å²) in [6.07, 6.45) is 4.18. The number of benzene rings is 1. The highest BCUT2D eigenvalue weighted by Gasteiger charge is 2.00. The van der Waals surface area contributed by atoms with Gasteiger partial charge in [-0.1, -0.05) is 31.3 Å². The molecule has 0 aliphatic carbocycles. The lowest BCUT2D eigenvalue weighted by Gasteiger charge is -2.07. The number of aromatic nitrogens is 2. The van der Waals surface area contributed by atoms with Gasteiger partial charge in [0.2, 0.25) is 0 Å². The average molecular weight is 258 g/mol. The van der Waals surface area contributed by atoms with Gasteiger partial charge in [0.15, 0.2) is 0 Å². The van der Waals surface area contributed by atoms with Crippen LogP contribution in [0.5, 0.6) is 0 Å². The minimum atomic E-state index is 0.252. The number of anilines is 2. The van der Waals surface area contributed by atoms with Gasteiger partial charge in [-0.2, -0.15) is 0 Å². The molecule has 0 unspecified atom stereocenters. The van der Waals surface area contributed by atoms with Crippen molar-refractivity contribution in [3.05, 3.63) is 47.9 Å². The number of hydrogen-bond donors (Lipinski definition) is 2. The maximum absolute atomic E-state index is 5.46. The molecule has 0 aliphatic rings. The summed E-state index contributed by atoms with van der Waals surface area (Å²) in [5.41, 5.74) is 8.25. The van der Waals surface area contributed by atoms with E-state index < -0.39 is 0 Å². The Morgan fingerprint density at radius 1 is 1.33 bits per heavy atom. The Hall–Kier alpha value is -2.01. The van der Waals surface area contributed by atoms with Crippen molar-refractivity contribution < 1.29 is 0 Å². The van der Waals surface area contributed by atoms with E-state index >= 15 is 0 Å². The zero-order chi connectivity index (χ0) is 13.0. The Labute approximate surface area is 111 Å². The van der Waals surface area contributed by atoms with Gasteiger partial charge < -0.3 is 11.1 Å². The SMILES string of the molecule is CCc1cccc(Nc2cnc(C(N)=S)cn2)c1. The van der Waals surface area contributed by atoms with E-state index in [2.05, 4.69) is 34.3 Å². The topological polar surface area (TPSA) is 63.8 Å². The van der Waals surface area contributed by atoms with Crippen molar-refractivity contribution in [2.75, 3.05) is 5.32 Å². The van der Waals surface area contributed by atoms with Crippen molar-refractivity contribution >= 4 is 28.7 Å². The Kier molecular flexibility index (Phi) is 3.84.